The van der Waals surface area contributed by atoms with Crippen LogP contribution in [0.1, 0.15) is 206 Å². The second kappa shape index (κ2) is 39.7. The minimum atomic E-state index is -3.13. The second-order valence-corrected chi connectivity index (χ2v) is 18.0. The van der Waals surface area contributed by atoms with Gasteiger partial charge in [0, 0.05) is 26.4 Å². The number of allylic oxidation sites excluding steroid dienone is 4. The molecular weight excluding hydrogens is 677 g/mol. The van der Waals surface area contributed by atoms with Gasteiger partial charge in [-0.1, -0.05) is 154 Å². The predicted octanol–water partition coefficient (Wildman–Crippen LogP) is 14.4. The van der Waals surface area contributed by atoms with Gasteiger partial charge in [0.2, 0.25) is 0 Å². The van der Waals surface area contributed by atoms with Crippen molar-refractivity contribution in [1.82, 2.24) is 4.90 Å². The van der Waals surface area contributed by atoms with Gasteiger partial charge < -0.3 is 23.4 Å². The summed E-state index contributed by atoms with van der Waals surface area (Å²) in [5.41, 5.74) is 0. The van der Waals surface area contributed by atoms with Crippen molar-refractivity contribution in [3.8, 4) is 0 Å². The molecule has 1 heterocycles. The van der Waals surface area contributed by atoms with E-state index in [0.29, 0.717) is 19.8 Å². The third-order valence-corrected chi connectivity index (χ3v) is 11.8. The maximum Gasteiger partial charge on any atom is 0.327 e. The molecule has 0 saturated carbocycles. The van der Waals surface area contributed by atoms with E-state index < -0.39 is 7.60 Å². The molecule has 0 aromatic rings. The first-order valence-corrected chi connectivity index (χ1v) is 25.1. The van der Waals surface area contributed by atoms with Crippen LogP contribution in [0.15, 0.2) is 24.3 Å². The molecule has 0 radical (unpaired) electrons. The SMILES string of the molecule is CCCCCCCCC=CCCCCCCCCOCC(COP(C)(=O)OCCN1CCCC1)OCCCCCCCCC=CCCCCCCCC. The maximum absolute atomic E-state index is 13.0. The van der Waals surface area contributed by atoms with Crippen LogP contribution in [0.25, 0.3) is 0 Å². The second-order valence-electron chi connectivity index (χ2n) is 15.9. The molecule has 0 amide bonds. The molecule has 314 valence electrons. The normalized spacial score (nSPS) is 15.7. The lowest BCUT2D eigenvalue weighted by molar-refractivity contribution is -0.0410. The van der Waals surface area contributed by atoms with Crippen molar-refractivity contribution in [1.29, 1.82) is 0 Å². The third-order valence-electron chi connectivity index (χ3n) is 10.5. The van der Waals surface area contributed by atoms with E-state index in [1.807, 2.05) is 0 Å². The van der Waals surface area contributed by atoms with Gasteiger partial charge in [-0.15, -0.1) is 0 Å². The highest BCUT2D eigenvalue weighted by Crippen LogP contribution is 2.43. The Morgan fingerprint density at radius 1 is 0.509 bits per heavy atom. The Morgan fingerprint density at radius 2 is 0.925 bits per heavy atom. The van der Waals surface area contributed by atoms with Crippen molar-refractivity contribution in [2.45, 2.75) is 213 Å². The summed E-state index contributed by atoms with van der Waals surface area (Å²) in [6.45, 7) is 11.8. The van der Waals surface area contributed by atoms with Crippen LogP contribution in [0, 0.1) is 0 Å². The standard InChI is InChI=1S/C46H90NO5P/c1-4-6-8-10-12-14-16-18-20-22-24-26-28-30-32-36-41-49-44-46(45-52-53(3,48)51-43-40-47-38-34-35-39-47)50-42-37-33-31-29-27-25-23-21-19-17-15-13-11-9-7-5-2/h18-21,46H,4-17,22-45H2,1-3H3. The molecule has 0 bridgehead atoms. The molecule has 53 heavy (non-hydrogen) atoms. The van der Waals surface area contributed by atoms with Gasteiger partial charge in [0.05, 0.1) is 19.8 Å². The van der Waals surface area contributed by atoms with E-state index in [1.54, 1.807) is 6.66 Å². The highest BCUT2D eigenvalue weighted by Gasteiger charge is 2.22. The largest absolute Gasteiger partial charge is 0.379 e. The Hall–Kier alpha value is -0.490. The average molecular weight is 768 g/mol. The zero-order chi connectivity index (χ0) is 38.2. The lowest BCUT2D eigenvalue weighted by Gasteiger charge is -2.22. The first-order chi connectivity index (χ1) is 26.1. The molecule has 0 aromatic carbocycles. The van der Waals surface area contributed by atoms with Gasteiger partial charge in [0.15, 0.2) is 0 Å². The monoisotopic (exact) mass is 768 g/mol. The molecule has 1 rings (SSSR count). The number of nitrogens with zero attached hydrogens (tertiary/aromatic N) is 1. The van der Waals surface area contributed by atoms with Crippen molar-refractivity contribution >= 4 is 7.60 Å². The maximum atomic E-state index is 13.0. The topological polar surface area (TPSA) is 57.2 Å². The number of hydrogen-bond donors (Lipinski definition) is 0. The Labute approximate surface area is 330 Å². The quantitative estimate of drug-likeness (QED) is 0.0350. The number of hydrogen-bond acceptors (Lipinski definition) is 6. The van der Waals surface area contributed by atoms with Gasteiger partial charge in [-0.05, 0) is 90.1 Å². The number of likely N-dealkylation sites (tertiary alicyclic amines) is 1. The van der Waals surface area contributed by atoms with E-state index in [9.17, 15) is 4.57 Å². The smallest absolute Gasteiger partial charge is 0.327 e. The zero-order valence-electron chi connectivity index (χ0n) is 35.7. The predicted molar refractivity (Wildman–Crippen MR) is 231 cm³/mol. The lowest BCUT2D eigenvalue weighted by atomic mass is 10.1. The Morgan fingerprint density at radius 3 is 1.40 bits per heavy atom. The highest BCUT2D eigenvalue weighted by atomic mass is 31.2. The summed E-state index contributed by atoms with van der Waals surface area (Å²) in [7, 11) is -3.13. The fourth-order valence-corrected chi connectivity index (χ4v) is 7.93. The molecule has 1 aliphatic rings. The summed E-state index contributed by atoms with van der Waals surface area (Å²) < 4.78 is 36.8. The third kappa shape index (κ3) is 36.9. The molecule has 0 spiro atoms. The summed E-state index contributed by atoms with van der Waals surface area (Å²) in [6.07, 6.45) is 48.3. The van der Waals surface area contributed by atoms with Gasteiger partial charge in [0.1, 0.15) is 6.10 Å². The number of ether oxygens (including phenoxy) is 2. The molecule has 2 atom stereocenters. The van der Waals surface area contributed by atoms with Crippen LogP contribution < -0.4 is 0 Å². The number of unbranched alkanes of at least 4 members (excludes halogenated alkanes) is 24. The van der Waals surface area contributed by atoms with E-state index in [2.05, 4.69) is 43.1 Å². The van der Waals surface area contributed by atoms with Crippen molar-refractivity contribution in [2.75, 3.05) is 59.3 Å². The summed E-state index contributed by atoms with van der Waals surface area (Å²) >= 11 is 0. The van der Waals surface area contributed by atoms with E-state index >= 15 is 0 Å². The van der Waals surface area contributed by atoms with E-state index in [0.717, 1.165) is 39.1 Å². The molecule has 2 unspecified atom stereocenters. The molecule has 1 aliphatic heterocycles. The van der Waals surface area contributed by atoms with Crippen molar-refractivity contribution in [2.24, 2.45) is 0 Å². The summed E-state index contributed by atoms with van der Waals surface area (Å²) in [4.78, 5) is 2.37. The molecule has 0 N–H and O–H groups in total. The first-order valence-electron chi connectivity index (χ1n) is 23.2. The molecular formula is C46H90NO5P. The Bertz CT molecular complexity index is 846. The van der Waals surface area contributed by atoms with Crippen LogP contribution in [-0.4, -0.2) is 70.3 Å². The van der Waals surface area contributed by atoms with E-state index in [-0.39, 0.29) is 12.7 Å². The van der Waals surface area contributed by atoms with Gasteiger partial charge in [-0.2, -0.15) is 0 Å². The fraction of sp³-hybridized carbons (Fsp3) is 0.913. The first kappa shape index (κ1) is 50.5. The van der Waals surface area contributed by atoms with Gasteiger partial charge in [-0.3, -0.25) is 4.57 Å². The van der Waals surface area contributed by atoms with Crippen molar-refractivity contribution in [3.63, 3.8) is 0 Å². The minimum Gasteiger partial charge on any atom is -0.379 e. The van der Waals surface area contributed by atoms with Crippen LogP contribution in [0.3, 0.4) is 0 Å². The van der Waals surface area contributed by atoms with Crippen LogP contribution in [0.2, 0.25) is 0 Å². The van der Waals surface area contributed by atoms with Crippen LogP contribution in [-0.2, 0) is 23.1 Å². The van der Waals surface area contributed by atoms with Gasteiger partial charge >= 0.3 is 7.60 Å². The van der Waals surface area contributed by atoms with Crippen LogP contribution >= 0.6 is 7.60 Å². The fourth-order valence-electron chi connectivity index (χ4n) is 7.01. The number of rotatable bonds is 42. The molecule has 1 saturated heterocycles. The van der Waals surface area contributed by atoms with Crippen molar-refractivity contribution in [3.05, 3.63) is 24.3 Å². The highest BCUT2D eigenvalue weighted by molar-refractivity contribution is 7.52. The van der Waals surface area contributed by atoms with Crippen molar-refractivity contribution < 1.29 is 23.1 Å². The van der Waals surface area contributed by atoms with Crippen LogP contribution in [0.4, 0.5) is 0 Å². The van der Waals surface area contributed by atoms with E-state index in [4.69, 9.17) is 18.5 Å². The van der Waals surface area contributed by atoms with E-state index in [1.165, 1.54) is 180 Å². The lowest BCUT2D eigenvalue weighted by Crippen LogP contribution is -2.27. The van der Waals surface area contributed by atoms with Crippen LogP contribution in [0.5, 0.6) is 0 Å². The zero-order valence-corrected chi connectivity index (χ0v) is 36.6. The molecule has 0 aliphatic carbocycles. The average Bonchev–Trinajstić information content (AvgIpc) is 3.67. The van der Waals surface area contributed by atoms with Gasteiger partial charge in [-0.25, -0.2) is 0 Å². The summed E-state index contributed by atoms with van der Waals surface area (Å²) in [6, 6.07) is 0. The molecule has 7 heteroatoms. The molecule has 0 aromatic heterocycles. The minimum absolute atomic E-state index is 0.220. The molecule has 1 fully saturated rings. The molecule has 6 nitrogen and oxygen atoms in total. The Kier molecular flexibility index (Phi) is 37.9. The van der Waals surface area contributed by atoms with Gasteiger partial charge in [0.25, 0.3) is 0 Å². The summed E-state index contributed by atoms with van der Waals surface area (Å²) in [5, 5.41) is 0. The Balaban J connectivity index is 2.15. The summed E-state index contributed by atoms with van der Waals surface area (Å²) in [5.74, 6) is 0.